The molecule has 0 N–H and O–H groups in total. The Hall–Kier alpha value is -3.39. The van der Waals surface area contributed by atoms with Crippen LogP contribution >= 0.6 is 11.6 Å². The molecule has 0 fully saturated rings. The van der Waals surface area contributed by atoms with Gasteiger partial charge in [-0.05, 0) is 38.1 Å². The number of nitrogens with zero attached hydrogens (tertiary/aromatic N) is 4. The summed E-state index contributed by atoms with van der Waals surface area (Å²) in [6.45, 7) is 3.69. The summed E-state index contributed by atoms with van der Waals surface area (Å²) in [5.74, 6) is 0.638. The molecule has 2 aromatic carbocycles. The minimum absolute atomic E-state index is 0.100. The van der Waals surface area contributed by atoms with Gasteiger partial charge in [0.1, 0.15) is 12.3 Å². The Kier molecular flexibility index (Phi) is 5.90. The minimum atomic E-state index is -0.269. The van der Waals surface area contributed by atoms with Gasteiger partial charge in [0.25, 0.3) is 5.91 Å². The maximum atomic E-state index is 13.1. The van der Waals surface area contributed by atoms with E-state index < -0.39 is 0 Å². The minimum Gasteiger partial charge on any atom is -0.482 e. The Labute approximate surface area is 184 Å². The largest absolute Gasteiger partial charge is 0.482 e. The molecule has 9 heteroatoms. The molecule has 1 aliphatic rings. The van der Waals surface area contributed by atoms with Gasteiger partial charge >= 0.3 is 0 Å². The van der Waals surface area contributed by atoms with Gasteiger partial charge in [0.15, 0.2) is 6.61 Å². The van der Waals surface area contributed by atoms with Crippen LogP contribution in [0.15, 0.2) is 52.9 Å². The molecular weight excluding hydrogens is 420 g/mol. The highest BCUT2D eigenvalue weighted by Crippen LogP contribution is 2.31. The summed E-state index contributed by atoms with van der Waals surface area (Å²) in [6.07, 6.45) is 0. The van der Waals surface area contributed by atoms with E-state index in [1.165, 1.54) is 4.90 Å². The average Bonchev–Trinajstić information content (AvgIpc) is 3.22. The summed E-state index contributed by atoms with van der Waals surface area (Å²) < 4.78 is 11.2. The third-order valence-corrected chi connectivity index (χ3v) is 5.25. The van der Waals surface area contributed by atoms with Gasteiger partial charge in [-0.15, -0.1) is 10.2 Å². The molecule has 0 saturated carbocycles. The normalized spacial score (nSPS) is 13.2. The van der Waals surface area contributed by atoms with Crippen molar-refractivity contribution >= 4 is 29.1 Å². The molecule has 0 saturated heterocycles. The van der Waals surface area contributed by atoms with Crippen LogP contribution < -0.4 is 9.64 Å². The van der Waals surface area contributed by atoms with Crippen LogP contribution in [0.1, 0.15) is 19.7 Å². The Morgan fingerprint density at radius 1 is 1.16 bits per heavy atom. The zero-order chi connectivity index (χ0) is 22.0. The number of hydrogen-bond acceptors (Lipinski definition) is 6. The fourth-order valence-electron chi connectivity index (χ4n) is 3.32. The first kappa shape index (κ1) is 20.9. The third kappa shape index (κ3) is 4.39. The molecule has 31 heavy (non-hydrogen) atoms. The molecule has 4 rings (SSSR count). The van der Waals surface area contributed by atoms with Gasteiger partial charge in [-0.25, -0.2) is 0 Å². The fourth-order valence-corrected chi connectivity index (χ4v) is 3.54. The second kappa shape index (κ2) is 8.77. The number of para-hydroxylation sites is 2. The van der Waals surface area contributed by atoms with E-state index in [1.807, 2.05) is 32.0 Å². The van der Waals surface area contributed by atoms with Crippen molar-refractivity contribution in [2.24, 2.45) is 0 Å². The van der Waals surface area contributed by atoms with Gasteiger partial charge in [0.05, 0.1) is 22.8 Å². The van der Waals surface area contributed by atoms with E-state index in [0.717, 1.165) is 0 Å². The lowest BCUT2D eigenvalue weighted by Crippen LogP contribution is -2.48. The topological polar surface area (TPSA) is 88.8 Å². The second-order valence-electron chi connectivity index (χ2n) is 7.33. The molecule has 1 aromatic heterocycles. The van der Waals surface area contributed by atoms with Crippen LogP contribution in [-0.2, 0) is 16.1 Å². The standard InChI is InChI=1S/C22H21ClN4O4/c1-14(2)26(11-19-24-25-22(31-19)15-7-3-4-8-16(15)23)20(28)12-27-17-9-5-6-10-18(17)30-13-21(27)29/h3-10,14H,11-13H2,1-2H3. The number of ether oxygens (including phenoxy) is 1. The highest BCUT2D eigenvalue weighted by molar-refractivity contribution is 6.33. The highest BCUT2D eigenvalue weighted by atomic mass is 35.5. The van der Waals surface area contributed by atoms with E-state index in [9.17, 15) is 9.59 Å². The summed E-state index contributed by atoms with van der Waals surface area (Å²) >= 11 is 6.20. The van der Waals surface area contributed by atoms with Gasteiger partial charge in [0.2, 0.25) is 17.7 Å². The van der Waals surface area contributed by atoms with E-state index in [4.69, 9.17) is 20.8 Å². The van der Waals surface area contributed by atoms with Crippen LogP contribution in [0, 0.1) is 0 Å². The van der Waals surface area contributed by atoms with Crippen molar-refractivity contribution in [1.29, 1.82) is 0 Å². The molecule has 160 valence electrons. The number of halogens is 1. The zero-order valence-corrected chi connectivity index (χ0v) is 17.9. The summed E-state index contributed by atoms with van der Waals surface area (Å²) in [6, 6.07) is 14.2. The monoisotopic (exact) mass is 440 g/mol. The van der Waals surface area contributed by atoms with Crippen LogP contribution in [0.25, 0.3) is 11.5 Å². The number of carbonyl (C=O) groups excluding carboxylic acids is 2. The van der Waals surface area contributed by atoms with E-state index in [2.05, 4.69) is 10.2 Å². The number of carbonyl (C=O) groups is 2. The lowest BCUT2D eigenvalue weighted by molar-refractivity contribution is -0.134. The Morgan fingerprint density at radius 3 is 2.68 bits per heavy atom. The lowest BCUT2D eigenvalue weighted by Gasteiger charge is -2.32. The van der Waals surface area contributed by atoms with Crippen LogP contribution in [0.3, 0.4) is 0 Å². The summed E-state index contributed by atoms with van der Waals surface area (Å²) in [4.78, 5) is 28.6. The van der Waals surface area contributed by atoms with Crippen molar-refractivity contribution in [3.63, 3.8) is 0 Å². The van der Waals surface area contributed by atoms with Gasteiger partial charge in [-0.2, -0.15) is 0 Å². The molecule has 2 heterocycles. The summed E-state index contributed by atoms with van der Waals surface area (Å²) in [5.41, 5.74) is 1.20. The molecule has 8 nitrogen and oxygen atoms in total. The van der Waals surface area contributed by atoms with Crippen LogP contribution in [-0.4, -0.2) is 46.1 Å². The molecule has 3 aromatic rings. The maximum absolute atomic E-state index is 13.1. The van der Waals surface area contributed by atoms with Crippen LogP contribution in [0.2, 0.25) is 5.02 Å². The van der Waals surface area contributed by atoms with Crippen LogP contribution in [0.5, 0.6) is 5.75 Å². The van der Waals surface area contributed by atoms with Gasteiger partial charge in [-0.3, -0.25) is 14.5 Å². The predicted octanol–water partition coefficient (Wildman–Crippen LogP) is 3.55. The molecule has 0 aliphatic carbocycles. The number of benzene rings is 2. The van der Waals surface area contributed by atoms with Gasteiger partial charge < -0.3 is 14.1 Å². The van der Waals surface area contributed by atoms with Crippen molar-refractivity contribution < 1.29 is 18.7 Å². The second-order valence-corrected chi connectivity index (χ2v) is 7.74. The van der Waals surface area contributed by atoms with Crippen molar-refractivity contribution in [3.05, 3.63) is 59.4 Å². The first-order chi connectivity index (χ1) is 14.9. The molecule has 0 unspecified atom stereocenters. The summed E-state index contributed by atoms with van der Waals surface area (Å²) in [7, 11) is 0. The summed E-state index contributed by atoms with van der Waals surface area (Å²) in [5, 5.41) is 8.62. The van der Waals surface area contributed by atoms with Crippen molar-refractivity contribution in [2.75, 3.05) is 18.1 Å². The molecule has 0 atom stereocenters. The number of rotatable bonds is 6. The molecule has 0 spiro atoms. The van der Waals surface area contributed by atoms with E-state index in [1.54, 1.807) is 35.2 Å². The maximum Gasteiger partial charge on any atom is 0.265 e. The van der Waals surface area contributed by atoms with E-state index >= 15 is 0 Å². The molecule has 0 bridgehead atoms. The first-order valence-corrected chi connectivity index (χ1v) is 10.2. The van der Waals surface area contributed by atoms with Crippen molar-refractivity contribution in [3.8, 4) is 17.2 Å². The average molecular weight is 441 g/mol. The number of fused-ring (bicyclic) bond motifs is 1. The Bertz CT molecular complexity index is 1110. The van der Waals surface area contributed by atoms with Crippen LogP contribution in [0.4, 0.5) is 5.69 Å². The number of anilines is 1. The quantitative estimate of drug-likeness (QED) is 0.582. The molecule has 1 aliphatic heterocycles. The van der Waals surface area contributed by atoms with E-state index in [0.29, 0.717) is 22.0 Å². The zero-order valence-electron chi connectivity index (χ0n) is 17.1. The predicted molar refractivity (Wildman–Crippen MR) is 115 cm³/mol. The van der Waals surface area contributed by atoms with Gasteiger partial charge in [0, 0.05) is 6.04 Å². The smallest absolute Gasteiger partial charge is 0.265 e. The Balaban J connectivity index is 1.52. The number of amides is 2. The number of aromatic nitrogens is 2. The lowest BCUT2D eigenvalue weighted by atomic mass is 10.2. The molecule has 2 amide bonds. The van der Waals surface area contributed by atoms with Crippen molar-refractivity contribution in [1.82, 2.24) is 15.1 Å². The third-order valence-electron chi connectivity index (χ3n) is 4.92. The van der Waals surface area contributed by atoms with Crippen molar-refractivity contribution in [2.45, 2.75) is 26.4 Å². The van der Waals surface area contributed by atoms with Gasteiger partial charge in [-0.1, -0.05) is 35.9 Å². The van der Waals surface area contributed by atoms with E-state index in [-0.39, 0.29) is 49.3 Å². The Morgan fingerprint density at radius 2 is 1.90 bits per heavy atom. The molecular formula is C22H21ClN4O4. The first-order valence-electron chi connectivity index (χ1n) is 9.83. The molecule has 0 radical (unpaired) electrons. The highest BCUT2D eigenvalue weighted by Gasteiger charge is 2.30. The SMILES string of the molecule is CC(C)N(Cc1nnc(-c2ccccc2Cl)o1)C(=O)CN1C(=O)COc2ccccc21. The number of hydrogen-bond donors (Lipinski definition) is 0. The fraction of sp³-hybridized carbons (Fsp3) is 0.273.